The van der Waals surface area contributed by atoms with Crippen molar-refractivity contribution < 1.29 is 4.42 Å². The van der Waals surface area contributed by atoms with Crippen molar-refractivity contribution in [1.29, 1.82) is 0 Å². The summed E-state index contributed by atoms with van der Waals surface area (Å²) in [7, 11) is 0. The van der Waals surface area contributed by atoms with Crippen LogP contribution >= 0.6 is 0 Å². The second-order valence-electron chi connectivity index (χ2n) is 5.14. The van der Waals surface area contributed by atoms with Crippen molar-refractivity contribution in [3.63, 3.8) is 0 Å². The Kier molecular flexibility index (Phi) is 2.43. The van der Waals surface area contributed by atoms with Crippen molar-refractivity contribution in [3.8, 4) is 0 Å². The molecule has 4 rings (SSSR count). The quantitative estimate of drug-likeness (QED) is 0.851. The summed E-state index contributed by atoms with van der Waals surface area (Å²) in [6, 6.07) is 4.03. The van der Waals surface area contributed by atoms with Gasteiger partial charge >= 0.3 is 0 Å². The van der Waals surface area contributed by atoms with E-state index in [0.717, 1.165) is 24.6 Å². The molecule has 0 amide bonds. The number of aromatic nitrogens is 3. The van der Waals surface area contributed by atoms with Crippen LogP contribution in [0.25, 0.3) is 0 Å². The fourth-order valence-corrected chi connectivity index (χ4v) is 3.10. The van der Waals surface area contributed by atoms with E-state index >= 15 is 0 Å². The van der Waals surface area contributed by atoms with Crippen molar-refractivity contribution in [1.82, 2.24) is 14.8 Å². The fraction of sp³-hybridized carbons (Fsp3) is 0.429. The summed E-state index contributed by atoms with van der Waals surface area (Å²) in [5.41, 5.74) is 2.73. The molecule has 5 nitrogen and oxygen atoms in total. The van der Waals surface area contributed by atoms with Crippen LogP contribution in [0.2, 0.25) is 0 Å². The molecule has 19 heavy (non-hydrogen) atoms. The molecule has 0 spiro atoms. The van der Waals surface area contributed by atoms with Crippen LogP contribution in [0.4, 0.5) is 5.95 Å². The van der Waals surface area contributed by atoms with Gasteiger partial charge in [0.1, 0.15) is 18.1 Å². The van der Waals surface area contributed by atoms with Gasteiger partial charge in [-0.15, -0.1) is 0 Å². The summed E-state index contributed by atoms with van der Waals surface area (Å²) in [4.78, 5) is 4.30. The Morgan fingerprint density at radius 2 is 2.21 bits per heavy atom. The van der Waals surface area contributed by atoms with E-state index in [1.807, 2.05) is 16.8 Å². The Bertz CT molecular complexity index is 611. The van der Waals surface area contributed by atoms with Gasteiger partial charge in [-0.25, -0.2) is 4.68 Å². The Labute approximate surface area is 111 Å². The Balaban J connectivity index is 1.86. The largest absolute Gasteiger partial charge is 0.467 e. The number of nitrogens with zero attached hydrogens (tertiary/aromatic N) is 3. The molecule has 3 heterocycles. The van der Waals surface area contributed by atoms with Gasteiger partial charge < -0.3 is 9.73 Å². The average molecular weight is 256 g/mol. The van der Waals surface area contributed by atoms with Crippen LogP contribution in [0.3, 0.4) is 0 Å². The Morgan fingerprint density at radius 3 is 3.11 bits per heavy atom. The van der Waals surface area contributed by atoms with E-state index in [0.29, 0.717) is 0 Å². The molecule has 2 aliphatic rings. The topological polar surface area (TPSA) is 55.9 Å². The number of nitrogens with one attached hydrogen (secondary N) is 1. The van der Waals surface area contributed by atoms with Gasteiger partial charge in [-0.2, -0.15) is 10.1 Å². The highest BCUT2D eigenvalue weighted by molar-refractivity contribution is 5.46. The number of hydrogen-bond acceptors (Lipinski definition) is 4. The van der Waals surface area contributed by atoms with Crippen LogP contribution in [-0.4, -0.2) is 14.8 Å². The molecule has 1 atom stereocenters. The fourth-order valence-electron chi connectivity index (χ4n) is 3.10. The molecule has 0 radical (unpaired) electrons. The molecule has 98 valence electrons. The lowest BCUT2D eigenvalue weighted by atomic mass is 9.97. The summed E-state index contributed by atoms with van der Waals surface area (Å²) in [6.07, 6.45) is 9.30. The molecule has 0 bridgehead atoms. The maximum atomic E-state index is 5.64. The van der Waals surface area contributed by atoms with Crippen LogP contribution in [0.5, 0.6) is 0 Å². The normalized spacial score (nSPS) is 22.4. The highest BCUT2D eigenvalue weighted by Crippen LogP contribution is 2.40. The van der Waals surface area contributed by atoms with Crippen LogP contribution in [0.15, 0.2) is 40.4 Å². The van der Waals surface area contributed by atoms with E-state index in [1.165, 1.54) is 30.5 Å². The van der Waals surface area contributed by atoms with Crippen molar-refractivity contribution in [2.24, 2.45) is 0 Å². The lowest BCUT2D eigenvalue weighted by Crippen LogP contribution is -2.25. The molecule has 1 aliphatic heterocycles. The Morgan fingerprint density at radius 1 is 1.26 bits per heavy atom. The summed E-state index contributed by atoms with van der Waals surface area (Å²) in [5, 5.41) is 7.80. The maximum absolute atomic E-state index is 5.64. The average Bonchev–Trinajstić information content (AvgIpc) is 3.04. The highest BCUT2D eigenvalue weighted by Gasteiger charge is 2.32. The van der Waals surface area contributed by atoms with Crippen molar-refractivity contribution in [3.05, 3.63) is 41.8 Å². The highest BCUT2D eigenvalue weighted by atomic mass is 16.3. The zero-order valence-corrected chi connectivity index (χ0v) is 10.7. The molecule has 2 aromatic heterocycles. The van der Waals surface area contributed by atoms with E-state index in [4.69, 9.17) is 4.42 Å². The number of hydrogen-bond donors (Lipinski definition) is 1. The van der Waals surface area contributed by atoms with Gasteiger partial charge in [-0.1, -0.05) is 6.42 Å². The standard InChI is InChI=1S/C14H16N4O/c1-2-5-10-11(6-3-1)17-14-15-9-16-18(14)13(10)12-7-4-8-19-12/h4,7-9,13H,1-3,5-6H2,(H,15,16,17). The molecule has 0 saturated heterocycles. The minimum Gasteiger partial charge on any atom is -0.467 e. The van der Waals surface area contributed by atoms with E-state index in [1.54, 1.807) is 12.6 Å². The first-order valence-electron chi connectivity index (χ1n) is 6.85. The molecular weight excluding hydrogens is 240 g/mol. The van der Waals surface area contributed by atoms with E-state index in [-0.39, 0.29) is 6.04 Å². The second kappa shape index (κ2) is 4.26. The van der Waals surface area contributed by atoms with Gasteiger partial charge in [0.05, 0.1) is 6.26 Å². The van der Waals surface area contributed by atoms with Gasteiger partial charge in [-0.3, -0.25) is 0 Å². The number of fused-ring (bicyclic) bond motifs is 1. The lowest BCUT2D eigenvalue weighted by Gasteiger charge is -2.28. The van der Waals surface area contributed by atoms with Gasteiger partial charge in [0.2, 0.25) is 5.95 Å². The second-order valence-corrected chi connectivity index (χ2v) is 5.14. The Hall–Kier alpha value is -2.04. The van der Waals surface area contributed by atoms with Gasteiger partial charge in [0.25, 0.3) is 0 Å². The molecule has 1 N–H and O–H groups in total. The predicted octanol–water partition coefficient (Wildman–Crippen LogP) is 3.10. The first-order chi connectivity index (χ1) is 9.43. The summed E-state index contributed by atoms with van der Waals surface area (Å²) in [5.74, 6) is 1.77. The number of rotatable bonds is 1. The van der Waals surface area contributed by atoms with Gasteiger partial charge in [0.15, 0.2) is 0 Å². The van der Waals surface area contributed by atoms with Crippen molar-refractivity contribution in [2.75, 3.05) is 5.32 Å². The molecule has 0 aromatic carbocycles. The molecule has 1 unspecified atom stereocenters. The van der Waals surface area contributed by atoms with E-state index < -0.39 is 0 Å². The number of anilines is 1. The smallest absolute Gasteiger partial charge is 0.226 e. The third kappa shape index (κ3) is 1.69. The van der Waals surface area contributed by atoms with Crippen LogP contribution in [-0.2, 0) is 0 Å². The van der Waals surface area contributed by atoms with Gasteiger partial charge in [0, 0.05) is 5.70 Å². The summed E-state index contributed by atoms with van der Waals surface area (Å²) >= 11 is 0. The monoisotopic (exact) mass is 256 g/mol. The number of furan rings is 1. The van der Waals surface area contributed by atoms with Crippen LogP contribution in [0.1, 0.15) is 43.9 Å². The SMILES string of the molecule is c1coc(C2C3=C(CCCCC3)Nc3ncnn32)c1. The van der Waals surface area contributed by atoms with Crippen molar-refractivity contribution >= 4 is 5.95 Å². The first kappa shape index (κ1) is 10.8. The van der Waals surface area contributed by atoms with Crippen LogP contribution in [0, 0.1) is 0 Å². The third-order valence-electron chi connectivity index (χ3n) is 3.98. The number of allylic oxidation sites excluding steroid dienone is 2. The summed E-state index contributed by atoms with van der Waals surface area (Å²) in [6.45, 7) is 0. The van der Waals surface area contributed by atoms with Crippen molar-refractivity contribution in [2.45, 2.75) is 38.1 Å². The third-order valence-corrected chi connectivity index (χ3v) is 3.98. The summed E-state index contributed by atoms with van der Waals surface area (Å²) < 4.78 is 7.57. The molecule has 1 aliphatic carbocycles. The molecule has 5 heteroatoms. The minimum absolute atomic E-state index is 0.0712. The zero-order chi connectivity index (χ0) is 12.7. The minimum atomic E-state index is 0.0712. The first-order valence-corrected chi connectivity index (χ1v) is 6.85. The predicted molar refractivity (Wildman–Crippen MR) is 70.6 cm³/mol. The zero-order valence-electron chi connectivity index (χ0n) is 10.7. The lowest BCUT2D eigenvalue weighted by molar-refractivity contribution is 0.426. The molecular formula is C14H16N4O. The molecule has 2 aromatic rings. The maximum Gasteiger partial charge on any atom is 0.226 e. The molecule has 0 fully saturated rings. The van der Waals surface area contributed by atoms with E-state index in [9.17, 15) is 0 Å². The van der Waals surface area contributed by atoms with Gasteiger partial charge in [-0.05, 0) is 43.4 Å². The van der Waals surface area contributed by atoms with E-state index in [2.05, 4.69) is 15.4 Å². The molecule has 0 saturated carbocycles. The van der Waals surface area contributed by atoms with Crippen LogP contribution < -0.4 is 5.32 Å².